The summed E-state index contributed by atoms with van der Waals surface area (Å²) in [4.78, 5) is 12.7. The molecule has 0 saturated carbocycles. The predicted octanol–water partition coefficient (Wildman–Crippen LogP) is 3.44. The van der Waals surface area contributed by atoms with Gasteiger partial charge in [-0.1, -0.05) is 6.07 Å². The summed E-state index contributed by atoms with van der Waals surface area (Å²) >= 11 is 1.32. The lowest BCUT2D eigenvalue weighted by Gasteiger charge is -2.06. The van der Waals surface area contributed by atoms with Crippen molar-refractivity contribution in [2.24, 2.45) is 0 Å². The number of carbonyl (C=O) groups excluding carboxylic acids is 1. The van der Waals surface area contributed by atoms with Gasteiger partial charge in [0, 0.05) is 0 Å². The van der Waals surface area contributed by atoms with Gasteiger partial charge in [0.1, 0.15) is 0 Å². The molecular formula is C13H11FO2S. The number of ketones is 1. The van der Waals surface area contributed by atoms with Gasteiger partial charge in [-0.15, -0.1) is 11.3 Å². The van der Waals surface area contributed by atoms with E-state index in [-0.39, 0.29) is 17.1 Å². The van der Waals surface area contributed by atoms with E-state index in [0.29, 0.717) is 4.88 Å². The molecule has 1 heterocycles. The second-order valence-electron chi connectivity index (χ2n) is 3.58. The van der Waals surface area contributed by atoms with Crippen molar-refractivity contribution in [2.45, 2.75) is 6.92 Å². The zero-order chi connectivity index (χ0) is 12.4. The molecule has 88 valence electrons. The normalized spacial score (nSPS) is 10.3. The van der Waals surface area contributed by atoms with E-state index in [2.05, 4.69) is 0 Å². The van der Waals surface area contributed by atoms with Crippen molar-refractivity contribution >= 4 is 17.1 Å². The number of hydrogen-bond acceptors (Lipinski definition) is 3. The minimum atomic E-state index is -0.604. The maximum atomic E-state index is 13.9. The van der Waals surface area contributed by atoms with Gasteiger partial charge >= 0.3 is 0 Å². The van der Waals surface area contributed by atoms with E-state index < -0.39 is 5.82 Å². The Labute approximate surface area is 103 Å². The van der Waals surface area contributed by atoms with Crippen molar-refractivity contribution in [1.29, 1.82) is 0 Å². The average molecular weight is 250 g/mol. The Balaban J connectivity index is 2.48. The summed E-state index contributed by atoms with van der Waals surface area (Å²) in [5.74, 6) is -0.813. The summed E-state index contributed by atoms with van der Waals surface area (Å²) in [7, 11) is 1.38. The molecule has 0 saturated heterocycles. The van der Waals surface area contributed by atoms with Crippen LogP contribution in [0.25, 0.3) is 0 Å². The van der Waals surface area contributed by atoms with Crippen molar-refractivity contribution in [3.8, 4) is 5.75 Å². The highest BCUT2D eigenvalue weighted by atomic mass is 32.1. The molecule has 0 aliphatic rings. The molecule has 1 aromatic heterocycles. The van der Waals surface area contributed by atoms with Gasteiger partial charge in [0.25, 0.3) is 0 Å². The van der Waals surface area contributed by atoms with Crippen LogP contribution < -0.4 is 4.74 Å². The Kier molecular flexibility index (Phi) is 3.24. The largest absolute Gasteiger partial charge is 0.494 e. The lowest BCUT2D eigenvalue weighted by molar-refractivity contribution is 0.103. The maximum Gasteiger partial charge on any atom is 0.206 e. The molecule has 0 radical (unpaired) electrons. The van der Waals surface area contributed by atoms with Crippen LogP contribution in [-0.4, -0.2) is 12.9 Å². The van der Waals surface area contributed by atoms with Crippen molar-refractivity contribution in [1.82, 2.24) is 0 Å². The fourth-order valence-corrected chi connectivity index (χ4v) is 2.45. The SMILES string of the molecule is COc1cccc(C(=O)c2sccc2C)c1F. The zero-order valence-electron chi connectivity index (χ0n) is 9.49. The van der Waals surface area contributed by atoms with Crippen molar-refractivity contribution in [2.75, 3.05) is 7.11 Å². The third-order valence-corrected chi connectivity index (χ3v) is 3.51. The summed E-state index contributed by atoms with van der Waals surface area (Å²) in [5, 5.41) is 1.82. The highest BCUT2D eigenvalue weighted by molar-refractivity contribution is 7.12. The molecule has 0 atom stereocenters. The zero-order valence-corrected chi connectivity index (χ0v) is 10.3. The number of halogens is 1. The second kappa shape index (κ2) is 4.67. The maximum absolute atomic E-state index is 13.9. The fraction of sp³-hybridized carbons (Fsp3) is 0.154. The third-order valence-electron chi connectivity index (χ3n) is 2.50. The molecule has 0 bridgehead atoms. The van der Waals surface area contributed by atoms with Crippen LogP contribution in [0, 0.1) is 12.7 Å². The number of benzene rings is 1. The number of ether oxygens (including phenoxy) is 1. The molecular weight excluding hydrogens is 239 g/mol. The molecule has 2 aromatic rings. The molecule has 0 aliphatic carbocycles. The lowest BCUT2D eigenvalue weighted by atomic mass is 10.1. The summed E-state index contributed by atoms with van der Waals surface area (Å²) in [6, 6.07) is 6.42. The van der Waals surface area contributed by atoms with Gasteiger partial charge in [0.05, 0.1) is 17.6 Å². The third kappa shape index (κ3) is 2.08. The molecule has 17 heavy (non-hydrogen) atoms. The van der Waals surface area contributed by atoms with Gasteiger partial charge in [-0.3, -0.25) is 4.79 Å². The first kappa shape index (κ1) is 11.8. The van der Waals surface area contributed by atoms with Crippen molar-refractivity contribution < 1.29 is 13.9 Å². The van der Waals surface area contributed by atoms with E-state index in [4.69, 9.17) is 4.74 Å². The number of hydrogen-bond donors (Lipinski definition) is 0. The molecule has 2 rings (SSSR count). The minimum absolute atomic E-state index is 0.0508. The molecule has 0 fully saturated rings. The first-order valence-electron chi connectivity index (χ1n) is 5.06. The number of rotatable bonds is 3. The van der Waals surface area contributed by atoms with E-state index in [1.54, 1.807) is 6.07 Å². The molecule has 4 heteroatoms. The van der Waals surface area contributed by atoms with Gasteiger partial charge in [-0.25, -0.2) is 4.39 Å². The highest BCUT2D eigenvalue weighted by Crippen LogP contribution is 2.25. The van der Waals surface area contributed by atoms with Gasteiger partial charge < -0.3 is 4.74 Å². The summed E-state index contributed by atoms with van der Waals surface area (Å²) in [5.41, 5.74) is 0.914. The van der Waals surface area contributed by atoms with E-state index in [1.807, 2.05) is 18.4 Å². The van der Waals surface area contributed by atoms with Crippen LogP contribution in [0.15, 0.2) is 29.6 Å². The Morgan fingerprint density at radius 1 is 1.35 bits per heavy atom. The van der Waals surface area contributed by atoms with E-state index >= 15 is 0 Å². The Morgan fingerprint density at radius 2 is 2.12 bits per heavy atom. The van der Waals surface area contributed by atoms with Crippen molar-refractivity contribution in [3.05, 3.63) is 51.5 Å². The quantitative estimate of drug-likeness (QED) is 0.780. The smallest absolute Gasteiger partial charge is 0.206 e. The highest BCUT2D eigenvalue weighted by Gasteiger charge is 2.19. The fourth-order valence-electron chi connectivity index (χ4n) is 1.57. The molecule has 0 unspecified atom stereocenters. The Morgan fingerprint density at radius 3 is 2.71 bits per heavy atom. The van der Waals surface area contributed by atoms with Gasteiger partial charge in [-0.2, -0.15) is 0 Å². The van der Waals surface area contributed by atoms with E-state index in [0.717, 1.165) is 5.56 Å². The van der Waals surface area contributed by atoms with Crippen LogP contribution in [0.3, 0.4) is 0 Å². The first-order valence-corrected chi connectivity index (χ1v) is 5.94. The standard InChI is InChI=1S/C13H11FO2S/c1-8-6-7-17-13(8)12(15)9-4-3-5-10(16-2)11(9)14/h3-7H,1-2H3. The van der Waals surface area contributed by atoms with Gasteiger partial charge in [0.2, 0.25) is 5.78 Å². The monoisotopic (exact) mass is 250 g/mol. The Hall–Kier alpha value is -1.68. The van der Waals surface area contributed by atoms with Crippen LogP contribution >= 0.6 is 11.3 Å². The topological polar surface area (TPSA) is 26.3 Å². The second-order valence-corrected chi connectivity index (χ2v) is 4.50. The predicted molar refractivity (Wildman–Crippen MR) is 65.4 cm³/mol. The van der Waals surface area contributed by atoms with Crippen LogP contribution in [0.2, 0.25) is 0 Å². The molecule has 0 amide bonds. The number of methoxy groups -OCH3 is 1. The van der Waals surface area contributed by atoms with Crippen LogP contribution in [0.4, 0.5) is 4.39 Å². The lowest BCUT2D eigenvalue weighted by Crippen LogP contribution is -2.04. The van der Waals surface area contributed by atoms with Crippen LogP contribution in [-0.2, 0) is 0 Å². The molecule has 0 N–H and O–H groups in total. The van der Waals surface area contributed by atoms with Crippen LogP contribution in [0.1, 0.15) is 20.8 Å². The number of aryl methyl sites for hydroxylation is 1. The minimum Gasteiger partial charge on any atom is -0.494 e. The number of thiophene rings is 1. The van der Waals surface area contributed by atoms with E-state index in [9.17, 15) is 9.18 Å². The average Bonchev–Trinajstić information content (AvgIpc) is 2.75. The molecule has 0 aliphatic heterocycles. The first-order chi connectivity index (χ1) is 8.15. The molecule has 1 aromatic carbocycles. The summed E-state index contributed by atoms with van der Waals surface area (Å²) in [6.07, 6.45) is 0. The van der Waals surface area contributed by atoms with Crippen LogP contribution in [0.5, 0.6) is 5.75 Å². The molecule has 0 spiro atoms. The number of carbonyl (C=O) groups is 1. The van der Waals surface area contributed by atoms with Gasteiger partial charge in [0.15, 0.2) is 11.6 Å². The molecule has 2 nitrogen and oxygen atoms in total. The van der Waals surface area contributed by atoms with E-state index in [1.165, 1.54) is 30.6 Å². The summed E-state index contributed by atoms with van der Waals surface area (Å²) < 4.78 is 18.8. The summed E-state index contributed by atoms with van der Waals surface area (Å²) in [6.45, 7) is 1.84. The van der Waals surface area contributed by atoms with Gasteiger partial charge in [-0.05, 0) is 36.1 Å². The van der Waals surface area contributed by atoms with Crippen molar-refractivity contribution in [3.63, 3.8) is 0 Å². The Bertz CT molecular complexity index is 560.